The maximum Gasteiger partial charge on any atom is 0.0146 e. The molecule has 4 aliphatic rings. The number of hydrogen-bond acceptors (Lipinski definition) is 2. The Morgan fingerprint density at radius 1 is 0.500 bits per heavy atom. The molecule has 0 spiro atoms. The molecule has 0 unspecified atom stereocenters. The van der Waals surface area contributed by atoms with Crippen LogP contribution in [0.2, 0.25) is 0 Å². The monoisotopic (exact) mass is 1230 g/mol. The molecule has 4 fully saturated rings. The summed E-state index contributed by atoms with van der Waals surface area (Å²) in [5.41, 5.74) is 16.6. The van der Waals surface area contributed by atoms with Gasteiger partial charge in [0.15, 0.2) is 0 Å². The Balaban J connectivity index is 0.000000178. The van der Waals surface area contributed by atoms with Gasteiger partial charge in [-0.05, 0) is 141 Å². The van der Waals surface area contributed by atoms with E-state index in [1.54, 1.807) is 96.3 Å². The number of rotatable bonds is 11. The molecule has 1 saturated heterocycles. The third kappa shape index (κ3) is 19.4. The molecule has 4 nitrogen and oxygen atoms in total. The van der Waals surface area contributed by atoms with Crippen LogP contribution in [0.4, 0.5) is 11.4 Å². The fraction of sp³-hybridized carbons (Fsp3) is 0.542. The van der Waals surface area contributed by atoms with Gasteiger partial charge in [-0.1, -0.05) is 54.7 Å². The van der Waals surface area contributed by atoms with Crippen LogP contribution < -0.4 is 9.80 Å². The third-order valence-corrected chi connectivity index (χ3v) is 22.2. The summed E-state index contributed by atoms with van der Waals surface area (Å²) in [4.78, 5) is 4.81. The molecule has 1 heterocycles. The van der Waals surface area contributed by atoms with Gasteiger partial charge in [-0.3, -0.25) is 0 Å². The summed E-state index contributed by atoms with van der Waals surface area (Å²) in [6.07, 6.45) is 24.4. The zero-order chi connectivity index (χ0) is 50.7. The Morgan fingerprint density at radius 3 is 1.09 bits per heavy atom. The molecule has 0 amide bonds. The van der Waals surface area contributed by atoms with Gasteiger partial charge in [-0.25, -0.2) is 0 Å². The number of benzene rings is 4. The van der Waals surface area contributed by atoms with E-state index in [-0.39, 0.29) is 20.1 Å². The first-order valence-electron chi connectivity index (χ1n) is 26.2. The van der Waals surface area contributed by atoms with Gasteiger partial charge in [-0.15, -0.1) is 0 Å². The van der Waals surface area contributed by atoms with Crippen molar-refractivity contribution in [2.45, 2.75) is 195 Å². The van der Waals surface area contributed by atoms with Crippen LogP contribution in [0, 0.1) is 48.2 Å². The van der Waals surface area contributed by atoms with E-state index >= 15 is 0 Å². The van der Waals surface area contributed by atoms with Crippen molar-refractivity contribution in [1.82, 2.24) is 0 Å². The first-order valence-corrected chi connectivity index (χ1v) is 38.9. The molecule has 3 saturated carbocycles. The summed E-state index contributed by atoms with van der Waals surface area (Å²) in [5.74, 6) is 1.95. The molecule has 0 atom stereocenters. The van der Waals surface area contributed by atoms with Gasteiger partial charge in [0.25, 0.3) is 0 Å². The van der Waals surface area contributed by atoms with Crippen molar-refractivity contribution in [1.29, 1.82) is 0 Å². The number of aliphatic hydroxyl groups is 2. The first-order chi connectivity index (χ1) is 33.5. The van der Waals surface area contributed by atoms with Gasteiger partial charge >= 0.3 is 196 Å². The van der Waals surface area contributed by atoms with Crippen LogP contribution in [-0.2, 0) is 27.0 Å². The molecule has 8 rings (SSSR count). The number of aryl methyl sites for hydroxylation is 6. The van der Waals surface area contributed by atoms with Gasteiger partial charge in [-0.2, -0.15) is 6.67 Å². The van der Waals surface area contributed by atoms with Gasteiger partial charge in [0.2, 0.25) is 0 Å². The van der Waals surface area contributed by atoms with Gasteiger partial charge in [0.05, 0.1) is 17.0 Å². The van der Waals surface area contributed by atoms with E-state index in [9.17, 15) is 0 Å². The SMILES string of the molecule is C1CCC([PH+](C2CCCCC2)C2CCCCC2)CC1.CC(C)[OH+]c1ccccc1[CH]=[Ru]([Cl])[Cl].CC(C)[OH+]c1ccccc1[CH]=[Ru]([Cl])[Cl].Cc1cc(C)c(N2[CH-]N(c3c(C)cc(C)cc3C)CC2)c(C)c1. The second-order valence-electron chi connectivity index (χ2n) is 20.7. The van der Waals surface area contributed by atoms with Crippen LogP contribution in [0.15, 0.2) is 72.8 Å². The normalized spacial score (nSPS) is 17.2. The number of ether oxygens (including phenoxy) is 2. The van der Waals surface area contributed by atoms with E-state index in [4.69, 9.17) is 38.8 Å². The smallest absolute Gasteiger partial charge is 0.0146 e. The second kappa shape index (κ2) is 30.9. The van der Waals surface area contributed by atoms with Gasteiger partial charge < -0.3 is 9.80 Å². The Labute approximate surface area is 453 Å². The molecule has 3 aliphatic carbocycles. The predicted molar refractivity (Wildman–Crippen MR) is 309 cm³/mol. The van der Waals surface area contributed by atoms with E-state index < -0.39 is 27.0 Å². The molecule has 70 heavy (non-hydrogen) atoms. The van der Waals surface area contributed by atoms with Crippen molar-refractivity contribution in [3.05, 3.63) is 124 Å². The number of anilines is 2. The molecule has 2 N–H and O–H groups in total. The summed E-state index contributed by atoms with van der Waals surface area (Å²) in [6, 6.07) is 24.9. The van der Waals surface area contributed by atoms with Gasteiger partial charge in [0.1, 0.15) is 0 Å². The maximum atomic E-state index is 5.83. The number of para-hydroxylation sites is 2. The van der Waals surface area contributed by atoms with Crippen LogP contribution in [0.5, 0.6) is 11.5 Å². The zero-order valence-corrected chi connectivity index (χ0v) is 51.6. The molecule has 11 heteroatoms. The fourth-order valence-corrected chi connectivity index (χ4v) is 20.4. The number of hydrogen-bond donors (Lipinski definition) is 0. The molecule has 0 bridgehead atoms. The van der Waals surface area contributed by atoms with Crippen LogP contribution >= 0.6 is 46.7 Å². The van der Waals surface area contributed by atoms with Crippen LogP contribution in [0.3, 0.4) is 0 Å². The predicted octanol–water partition coefficient (Wildman–Crippen LogP) is 18.0. The van der Waals surface area contributed by atoms with E-state index in [2.05, 4.69) is 91.8 Å². The van der Waals surface area contributed by atoms with E-state index in [1.165, 1.54) is 61.7 Å². The molecule has 392 valence electrons. The zero-order valence-electron chi connectivity index (χ0n) is 44.1. The summed E-state index contributed by atoms with van der Waals surface area (Å²) in [5, 5.41) is 0. The number of aromatic hydroxyl groups is 2. The standard InChI is InChI=1S/C21H27N2.C18H33P.2C10H12O.4ClH.2Ru/c1-14-9-16(3)20(17(4)10-14)22-7-8-23(13-22)21-18(5)11-15(2)12-19(21)6;1-4-10-16(11-5-1)19(17-12-6-2-7-13-17)18-14-8-3-9-15-18;2*1-8(2)11-10-7-5-4-6-9(10)3;;;;;;/h9-13H,7-8H2,1-6H3;16-18H,1-15H2;2*3-8H,1-2H3;4*1H;;/q-1;;;;;;;;2*+2/p-1. The summed E-state index contributed by atoms with van der Waals surface area (Å²) >= 11 is -3.50. The summed E-state index contributed by atoms with van der Waals surface area (Å²) < 4.78 is 12.8. The minimum absolute atomic E-state index is 0.0465. The Hall–Kier alpha value is -1.34. The van der Waals surface area contributed by atoms with E-state index in [0.29, 0.717) is 0 Å². The fourth-order valence-electron chi connectivity index (χ4n) is 11.5. The van der Waals surface area contributed by atoms with Gasteiger partial charge in [0, 0.05) is 32.4 Å². The topological polar surface area (TPSA) is 32.1 Å². The van der Waals surface area contributed by atoms with Crippen molar-refractivity contribution in [2.24, 2.45) is 0 Å². The van der Waals surface area contributed by atoms with Crippen molar-refractivity contribution in [2.75, 3.05) is 22.9 Å². The summed E-state index contributed by atoms with van der Waals surface area (Å²) in [6.45, 7) is 25.8. The largest absolute Gasteiger partial charge is 0.502 e. The molecule has 0 radical (unpaired) electrons. The van der Waals surface area contributed by atoms with Crippen molar-refractivity contribution in [3.63, 3.8) is 0 Å². The molecule has 4 aromatic rings. The second-order valence-corrected chi connectivity index (χ2v) is 35.6. The third-order valence-electron chi connectivity index (χ3n) is 14.0. The van der Waals surface area contributed by atoms with E-state index in [1.807, 2.05) is 85.4 Å². The molecule has 0 aromatic heterocycles. The Morgan fingerprint density at radius 2 is 0.800 bits per heavy atom. The average Bonchev–Trinajstić information content (AvgIpc) is 3.77. The molecule has 4 aromatic carbocycles. The minimum Gasteiger partial charge on any atom is -0.502 e. The number of nitrogens with zero attached hydrogens (tertiary/aromatic N) is 2. The number of halogens is 4. The van der Waals surface area contributed by atoms with E-state index in [0.717, 1.165) is 35.7 Å². The van der Waals surface area contributed by atoms with Crippen LogP contribution in [0.1, 0.15) is 169 Å². The molecule has 1 aliphatic heterocycles. The molecular weight excluding hydrogens is 1140 g/mol. The Kier molecular flexibility index (Phi) is 26.3. The Bertz CT molecular complexity index is 2060. The summed E-state index contributed by atoms with van der Waals surface area (Å²) in [7, 11) is 23.3. The van der Waals surface area contributed by atoms with Crippen LogP contribution in [-0.4, -0.2) is 61.0 Å². The van der Waals surface area contributed by atoms with Crippen molar-refractivity contribution >= 4 is 67.3 Å². The first kappa shape index (κ1) is 59.5. The van der Waals surface area contributed by atoms with Crippen LogP contribution in [0.25, 0.3) is 0 Å². The minimum atomic E-state index is -1.75. The average molecular weight is 1230 g/mol. The quantitative estimate of drug-likeness (QED) is 0.0649. The molecular formula is C59H87Cl4N2O2PRu2+2. The maximum absolute atomic E-state index is 5.83. The van der Waals surface area contributed by atoms with Crippen molar-refractivity contribution in [3.8, 4) is 11.5 Å². The van der Waals surface area contributed by atoms with Crippen molar-refractivity contribution < 1.29 is 36.5 Å².